The van der Waals surface area contributed by atoms with Crippen LogP contribution < -0.4 is 9.47 Å². The molecule has 0 aliphatic carbocycles. The maximum absolute atomic E-state index is 12.8. The van der Waals surface area contributed by atoms with Gasteiger partial charge in [-0.3, -0.25) is 4.90 Å². The molecule has 0 N–H and O–H groups in total. The van der Waals surface area contributed by atoms with Crippen molar-refractivity contribution in [1.29, 1.82) is 0 Å². The van der Waals surface area contributed by atoms with Gasteiger partial charge in [-0.15, -0.1) is 11.3 Å². The van der Waals surface area contributed by atoms with Gasteiger partial charge in [-0.25, -0.2) is 9.79 Å². The average Bonchev–Trinajstić information content (AvgIpc) is 3.21. The molecule has 2 aromatic carbocycles. The van der Waals surface area contributed by atoms with Crippen LogP contribution in [0.15, 0.2) is 53.5 Å². The van der Waals surface area contributed by atoms with Crippen LogP contribution in [0.2, 0.25) is 0 Å². The second-order valence-electron chi connectivity index (χ2n) is 7.72. The molecule has 172 valence electrons. The van der Waals surface area contributed by atoms with E-state index in [0.29, 0.717) is 28.7 Å². The van der Waals surface area contributed by atoms with E-state index in [1.807, 2.05) is 31.2 Å². The molecule has 0 radical (unpaired) electrons. The molecule has 0 atom stereocenters. The number of nitrogens with zero attached hydrogens (tertiary/aromatic N) is 2. The van der Waals surface area contributed by atoms with Crippen molar-refractivity contribution in [2.24, 2.45) is 4.99 Å². The van der Waals surface area contributed by atoms with Gasteiger partial charge in [0, 0.05) is 42.4 Å². The van der Waals surface area contributed by atoms with Gasteiger partial charge in [-0.1, -0.05) is 30.3 Å². The number of esters is 1. The molecule has 1 aliphatic heterocycles. The molecule has 1 aliphatic rings. The lowest BCUT2D eigenvalue weighted by molar-refractivity contribution is 0.0526. The number of ether oxygens (including phenoxy) is 3. The summed E-state index contributed by atoms with van der Waals surface area (Å²) < 4.78 is 16.1. The second kappa shape index (κ2) is 10.6. The Morgan fingerprint density at radius 2 is 1.97 bits per heavy atom. The Morgan fingerprint density at radius 3 is 2.70 bits per heavy atom. The monoisotopic (exact) mass is 464 g/mol. The van der Waals surface area contributed by atoms with E-state index in [9.17, 15) is 4.79 Å². The lowest BCUT2D eigenvalue weighted by atomic mass is 10.0. The van der Waals surface area contributed by atoms with Gasteiger partial charge in [0.1, 0.15) is 16.5 Å². The van der Waals surface area contributed by atoms with Crippen LogP contribution in [0.4, 0.5) is 5.00 Å². The van der Waals surface area contributed by atoms with Crippen molar-refractivity contribution in [3.63, 3.8) is 0 Å². The normalized spacial score (nSPS) is 13.7. The van der Waals surface area contributed by atoms with Crippen LogP contribution in [0.5, 0.6) is 11.5 Å². The number of hydrogen-bond acceptors (Lipinski definition) is 7. The third kappa shape index (κ3) is 5.26. The summed E-state index contributed by atoms with van der Waals surface area (Å²) in [6.45, 7) is 4.72. The van der Waals surface area contributed by atoms with Crippen molar-refractivity contribution in [2.45, 2.75) is 26.4 Å². The highest BCUT2D eigenvalue weighted by Crippen LogP contribution is 2.40. The fourth-order valence-electron chi connectivity index (χ4n) is 3.98. The molecule has 33 heavy (non-hydrogen) atoms. The highest BCUT2D eigenvalue weighted by atomic mass is 32.1. The molecule has 3 aromatic rings. The van der Waals surface area contributed by atoms with E-state index in [-0.39, 0.29) is 5.97 Å². The quantitative estimate of drug-likeness (QED) is 0.337. The maximum atomic E-state index is 12.8. The summed E-state index contributed by atoms with van der Waals surface area (Å²) in [6.07, 6.45) is 2.54. The van der Waals surface area contributed by atoms with Gasteiger partial charge in [0.2, 0.25) is 0 Å². The van der Waals surface area contributed by atoms with Crippen molar-refractivity contribution in [1.82, 2.24) is 4.90 Å². The van der Waals surface area contributed by atoms with Crippen molar-refractivity contribution in [2.75, 3.05) is 27.4 Å². The van der Waals surface area contributed by atoms with Crippen LogP contribution in [-0.2, 0) is 24.2 Å². The van der Waals surface area contributed by atoms with Crippen molar-refractivity contribution in [3.8, 4) is 11.5 Å². The van der Waals surface area contributed by atoms with Gasteiger partial charge in [-0.2, -0.15) is 0 Å². The average molecular weight is 465 g/mol. The molecule has 0 saturated heterocycles. The fraction of sp³-hybridized carbons (Fsp3) is 0.308. The van der Waals surface area contributed by atoms with Crippen molar-refractivity contribution >= 4 is 28.5 Å². The van der Waals surface area contributed by atoms with Crippen LogP contribution >= 0.6 is 11.3 Å². The number of aliphatic imine (C=N–C) groups is 1. The first-order valence-corrected chi connectivity index (χ1v) is 11.8. The van der Waals surface area contributed by atoms with Gasteiger partial charge in [-0.05, 0) is 36.6 Å². The highest BCUT2D eigenvalue weighted by Gasteiger charge is 2.28. The molecule has 0 fully saturated rings. The molecule has 0 saturated carbocycles. The molecule has 7 heteroatoms. The van der Waals surface area contributed by atoms with Crippen molar-refractivity contribution in [3.05, 3.63) is 75.7 Å². The predicted octanol–water partition coefficient (Wildman–Crippen LogP) is 5.25. The van der Waals surface area contributed by atoms with E-state index >= 15 is 0 Å². The first-order valence-electron chi connectivity index (χ1n) is 11.0. The minimum absolute atomic E-state index is 0.305. The fourth-order valence-corrected chi connectivity index (χ4v) is 5.20. The van der Waals surface area contributed by atoms with E-state index in [2.05, 4.69) is 29.2 Å². The summed E-state index contributed by atoms with van der Waals surface area (Å²) in [5.74, 6) is 1.06. The summed E-state index contributed by atoms with van der Waals surface area (Å²) in [5, 5.41) is 0.679. The molecule has 1 aromatic heterocycles. The van der Waals surface area contributed by atoms with Gasteiger partial charge >= 0.3 is 5.97 Å². The number of fused-ring (bicyclic) bond motifs is 1. The number of methoxy groups -OCH3 is 2. The summed E-state index contributed by atoms with van der Waals surface area (Å²) in [4.78, 5) is 21.1. The molecular weight excluding hydrogens is 436 g/mol. The van der Waals surface area contributed by atoms with Crippen LogP contribution in [0.1, 0.15) is 38.8 Å². The number of thiophene rings is 1. The topological polar surface area (TPSA) is 60.4 Å². The van der Waals surface area contributed by atoms with Crippen LogP contribution in [0.25, 0.3) is 0 Å². The number of hydrogen-bond donors (Lipinski definition) is 0. The molecule has 0 amide bonds. The summed E-state index contributed by atoms with van der Waals surface area (Å²) in [6, 6.07) is 16.0. The largest absolute Gasteiger partial charge is 0.497 e. The lowest BCUT2D eigenvalue weighted by Gasteiger charge is -2.27. The molecule has 0 spiro atoms. The molecule has 0 unspecified atom stereocenters. The van der Waals surface area contributed by atoms with Crippen LogP contribution in [0.3, 0.4) is 0 Å². The Bertz CT molecular complexity index is 1140. The Hall–Kier alpha value is -3.16. The van der Waals surface area contributed by atoms with E-state index in [4.69, 9.17) is 19.2 Å². The number of benzene rings is 2. The molecule has 0 bridgehead atoms. The van der Waals surface area contributed by atoms with Gasteiger partial charge < -0.3 is 14.2 Å². The Kier molecular flexibility index (Phi) is 7.42. The third-order valence-corrected chi connectivity index (χ3v) is 6.73. The lowest BCUT2D eigenvalue weighted by Crippen LogP contribution is -2.29. The van der Waals surface area contributed by atoms with Crippen LogP contribution in [0, 0.1) is 0 Å². The van der Waals surface area contributed by atoms with Crippen molar-refractivity contribution < 1.29 is 19.0 Å². The standard InChI is InChI=1S/C26H28N2O4S/c1-4-32-26(29)24-21-12-13-28(16-18-8-6-5-7-9-18)17-23(21)33-25(24)27-15-19-10-11-20(30-2)14-22(19)31-3/h5-11,14-15H,4,12-13,16-17H2,1-3H3. The van der Waals surface area contributed by atoms with Gasteiger partial charge in [0.05, 0.1) is 26.4 Å². The Morgan fingerprint density at radius 1 is 1.15 bits per heavy atom. The maximum Gasteiger partial charge on any atom is 0.341 e. The zero-order valence-corrected chi connectivity index (χ0v) is 20.0. The third-order valence-electron chi connectivity index (χ3n) is 5.61. The summed E-state index contributed by atoms with van der Waals surface area (Å²) in [7, 11) is 3.23. The summed E-state index contributed by atoms with van der Waals surface area (Å²) in [5.41, 5.74) is 3.76. The molecule has 6 nitrogen and oxygen atoms in total. The number of carbonyl (C=O) groups excluding carboxylic acids is 1. The first-order chi connectivity index (χ1) is 16.1. The second-order valence-corrected chi connectivity index (χ2v) is 8.80. The minimum Gasteiger partial charge on any atom is -0.497 e. The first kappa shape index (κ1) is 23.0. The van der Waals surface area contributed by atoms with Gasteiger partial charge in [0.15, 0.2) is 0 Å². The molecule has 2 heterocycles. The zero-order valence-electron chi connectivity index (χ0n) is 19.2. The Balaban J connectivity index is 1.63. The van der Waals surface area contributed by atoms with E-state index < -0.39 is 0 Å². The predicted molar refractivity (Wildman–Crippen MR) is 131 cm³/mol. The molecular formula is C26H28N2O4S. The number of rotatable bonds is 8. The zero-order chi connectivity index (χ0) is 23.2. The highest BCUT2D eigenvalue weighted by molar-refractivity contribution is 7.16. The SMILES string of the molecule is CCOC(=O)c1c(N=Cc2ccc(OC)cc2OC)sc2c1CCN(Cc1ccccc1)C2. The van der Waals surface area contributed by atoms with Gasteiger partial charge in [0.25, 0.3) is 0 Å². The van der Waals surface area contributed by atoms with E-state index in [1.54, 1.807) is 31.8 Å². The minimum atomic E-state index is -0.305. The van der Waals surface area contributed by atoms with Crippen LogP contribution in [-0.4, -0.2) is 44.5 Å². The molecule has 4 rings (SSSR count). The van der Waals surface area contributed by atoms with E-state index in [1.165, 1.54) is 10.4 Å². The Labute approximate surface area is 198 Å². The van der Waals surface area contributed by atoms with E-state index in [0.717, 1.165) is 37.2 Å². The smallest absolute Gasteiger partial charge is 0.341 e. The summed E-state index contributed by atoms with van der Waals surface area (Å²) >= 11 is 1.56. The number of carbonyl (C=O) groups is 1.